The number of phenolic OH excluding ortho intramolecular Hbond substituents is 1. The molecule has 0 saturated heterocycles. The van der Waals surface area contributed by atoms with Crippen molar-refractivity contribution in [2.45, 2.75) is 58.8 Å². The van der Waals surface area contributed by atoms with Gasteiger partial charge in [-0.2, -0.15) is 6.08 Å². The normalized spacial score (nSPS) is 12.3. The van der Waals surface area contributed by atoms with Crippen LogP contribution in [0.5, 0.6) is 5.75 Å². The summed E-state index contributed by atoms with van der Waals surface area (Å²) < 4.78 is 0. The molecule has 1 N–H and O–H groups in total. The van der Waals surface area contributed by atoms with Gasteiger partial charge in [-0.05, 0) is 22.0 Å². The number of rotatable bonds is 0. The Morgan fingerprint density at radius 1 is 0.913 bits per heavy atom. The van der Waals surface area contributed by atoms with Crippen LogP contribution in [0.15, 0.2) is 36.4 Å². The van der Waals surface area contributed by atoms with Crippen LogP contribution in [0.4, 0.5) is 0 Å². The van der Waals surface area contributed by atoms with E-state index in [1.54, 1.807) is 0 Å². The third kappa shape index (κ3) is 9.66. The van der Waals surface area contributed by atoms with Crippen LogP contribution in [0.1, 0.15) is 59.1 Å². The van der Waals surface area contributed by atoms with Crippen LogP contribution >= 0.6 is 0 Å². The molecule has 1 aromatic carbocycles. The molecule has 1 nitrogen and oxygen atoms in total. The molecule has 0 aromatic heterocycles. The monoisotopic (exact) mass is 573 g/mol. The molecular weight excluding hydrogens is 546 g/mol. The quantitative estimate of drug-likeness (QED) is 0.248. The van der Waals surface area contributed by atoms with Crippen molar-refractivity contribution in [2.75, 3.05) is 0 Å². The SMILES string of the molecule is CC(C)(C)c1cccc(C(C)(C)C)c1O.[C-]1=CC=CC1.[I-].[I-].[Ti+3]. The number of benzene rings is 1. The van der Waals surface area contributed by atoms with Crippen molar-refractivity contribution in [3.05, 3.63) is 53.6 Å². The number of aromatic hydroxyl groups is 1. The Bertz CT molecular complexity index is 467. The first-order chi connectivity index (χ1) is 9.14. The zero-order valence-corrected chi connectivity index (χ0v) is 20.8. The second-order valence-electron chi connectivity index (χ2n) is 7.20. The summed E-state index contributed by atoms with van der Waals surface area (Å²) in [6, 6.07) is 6.04. The summed E-state index contributed by atoms with van der Waals surface area (Å²) >= 11 is 0. The van der Waals surface area contributed by atoms with E-state index in [-0.39, 0.29) is 80.5 Å². The predicted octanol–water partition coefficient (Wildman–Crippen LogP) is -0.702. The molecule has 0 heterocycles. The fraction of sp³-hybridized carbons (Fsp3) is 0.474. The average molecular weight is 573 g/mol. The Morgan fingerprint density at radius 3 is 1.57 bits per heavy atom. The van der Waals surface area contributed by atoms with Crippen molar-refractivity contribution in [1.82, 2.24) is 0 Å². The molecule has 4 heteroatoms. The van der Waals surface area contributed by atoms with Gasteiger partial charge in [-0.3, -0.25) is 6.08 Å². The molecule has 0 bridgehead atoms. The van der Waals surface area contributed by atoms with Gasteiger partial charge in [0.25, 0.3) is 0 Å². The average Bonchev–Trinajstić information content (AvgIpc) is 2.84. The van der Waals surface area contributed by atoms with Crippen LogP contribution in [0.25, 0.3) is 0 Å². The third-order valence-corrected chi connectivity index (χ3v) is 3.24. The van der Waals surface area contributed by atoms with Crippen molar-refractivity contribution in [1.29, 1.82) is 0 Å². The van der Waals surface area contributed by atoms with Crippen molar-refractivity contribution in [3.63, 3.8) is 0 Å². The Labute approximate surface area is 191 Å². The molecule has 127 valence electrons. The Balaban J connectivity index is -0.000000431. The minimum atomic E-state index is -0.00859. The second-order valence-corrected chi connectivity index (χ2v) is 7.20. The molecule has 23 heavy (non-hydrogen) atoms. The third-order valence-electron chi connectivity index (χ3n) is 3.24. The van der Waals surface area contributed by atoms with E-state index in [9.17, 15) is 5.11 Å². The first-order valence-corrected chi connectivity index (χ1v) is 7.18. The van der Waals surface area contributed by atoms with Crippen LogP contribution in [0, 0.1) is 6.08 Å². The van der Waals surface area contributed by atoms with E-state index in [2.05, 4.69) is 53.7 Å². The van der Waals surface area contributed by atoms with Crippen LogP contribution in [0.2, 0.25) is 0 Å². The maximum absolute atomic E-state index is 10.3. The Kier molecular flexibility index (Phi) is 15.0. The van der Waals surface area contributed by atoms with Crippen molar-refractivity contribution in [2.24, 2.45) is 0 Å². The fourth-order valence-corrected chi connectivity index (χ4v) is 2.09. The molecule has 0 fully saturated rings. The van der Waals surface area contributed by atoms with Gasteiger partial charge in [0, 0.05) is 0 Å². The number of allylic oxidation sites excluding steroid dienone is 4. The number of hydrogen-bond donors (Lipinski definition) is 1. The van der Waals surface area contributed by atoms with Crippen LogP contribution < -0.4 is 48.0 Å². The summed E-state index contributed by atoms with van der Waals surface area (Å²) in [4.78, 5) is 0. The Hall–Kier alpha value is 0.674. The second kappa shape index (κ2) is 12.1. The minimum Gasteiger partial charge on any atom is -1.00 e. The van der Waals surface area contributed by atoms with Crippen LogP contribution in [0.3, 0.4) is 0 Å². The standard InChI is InChI=1S/C14H22O.C5H5.2HI.Ti/c1-13(2,3)10-8-7-9-11(12(10)15)14(4,5)6;1-2-4-5-3-1;;;/h7-9,15H,1-6H3;1-3H,4H2;2*1H;/q;-1;;;+3/p-2. The molecule has 0 unspecified atom stereocenters. The summed E-state index contributed by atoms with van der Waals surface area (Å²) in [5, 5.41) is 10.3. The summed E-state index contributed by atoms with van der Waals surface area (Å²) in [6.07, 6.45) is 10.0. The number of halogens is 2. The van der Waals surface area contributed by atoms with E-state index in [4.69, 9.17) is 0 Å². The topological polar surface area (TPSA) is 20.2 Å². The van der Waals surface area contributed by atoms with E-state index < -0.39 is 0 Å². The van der Waals surface area contributed by atoms with Gasteiger partial charge in [-0.15, -0.1) is 6.42 Å². The molecule has 1 radical (unpaired) electrons. The first kappa shape index (κ1) is 28.5. The van der Waals surface area contributed by atoms with E-state index in [0.717, 1.165) is 17.5 Å². The molecule has 2 rings (SSSR count). The van der Waals surface area contributed by atoms with Gasteiger partial charge in [-0.1, -0.05) is 59.7 Å². The van der Waals surface area contributed by atoms with E-state index in [1.807, 2.05) is 30.4 Å². The van der Waals surface area contributed by atoms with Gasteiger partial charge >= 0.3 is 21.7 Å². The molecule has 1 aliphatic rings. The van der Waals surface area contributed by atoms with E-state index in [1.165, 1.54) is 0 Å². The van der Waals surface area contributed by atoms with Gasteiger partial charge in [0.05, 0.1) is 0 Å². The smallest absolute Gasteiger partial charge is 1.00 e. The molecule has 1 aromatic rings. The maximum Gasteiger partial charge on any atom is 3.00 e. The summed E-state index contributed by atoms with van der Waals surface area (Å²) in [7, 11) is 0. The van der Waals surface area contributed by atoms with Gasteiger partial charge < -0.3 is 53.1 Å². The number of hydrogen-bond acceptors (Lipinski definition) is 1. The van der Waals surface area contributed by atoms with Crippen LogP contribution in [-0.2, 0) is 32.5 Å². The number of phenols is 1. The van der Waals surface area contributed by atoms with Gasteiger partial charge in [0.15, 0.2) is 0 Å². The van der Waals surface area contributed by atoms with Gasteiger partial charge in [0.2, 0.25) is 0 Å². The Morgan fingerprint density at radius 2 is 1.35 bits per heavy atom. The minimum absolute atomic E-state index is 0. The molecule has 1 aliphatic carbocycles. The van der Waals surface area contributed by atoms with Crippen LogP contribution in [-0.4, -0.2) is 5.11 Å². The largest absolute Gasteiger partial charge is 3.00 e. The molecule has 0 aliphatic heterocycles. The van der Waals surface area contributed by atoms with Crippen molar-refractivity contribution >= 4 is 0 Å². The summed E-state index contributed by atoms with van der Waals surface area (Å²) in [5.41, 5.74) is 2.03. The van der Waals surface area contributed by atoms with E-state index >= 15 is 0 Å². The van der Waals surface area contributed by atoms with Crippen molar-refractivity contribution < 1.29 is 74.8 Å². The first-order valence-electron chi connectivity index (χ1n) is 7.18. The zero-order valence-electron chi connectivity index (χ0n) is 14.9. The van der Waals surface area contributed by atoms with Crippen molar-refractivity contribution in [3.8, 4) is 5.75 Å². The van der Waals surface area contributed by atoms with E-state index in [0.29, 0.717) is 5.75 Å². The molecule has 0 saturated carbocycles. The summed E-state index contributed by atoms with van der Waals surface area (Å²) in [5.74, 6) is 0.456. The number of para-hydroxylation sites is 1. The molecular formula is C19H27I2OTi. The molecule has 0 amide bonds. The molecule has 0 atom stereocenters. The predicted molar refractivity (Wildman–Crippen MR) is 87.1 cm³/mol. The maximum atomic E-state index is 10.3. The van der Waals surface area contributed by atoms with Gasteiger partial charge in [0.1, 0.15) is 5.75 Å². The van der Waals surface area contributed by atoms with Gasteiger partial charge in [-0.25, -0.2) is 12.2 Å². The zero-order chi connectivity index (χ0) is 15.4. The molecule has 0 spiro atoms. The summed E-state index contributed by atoms with van der Waals surface area (Å²) in [6.45, 7) is 12.7. The fourth-order valence-electron chi connectivity index (χ4n) is 2.09.